The molecule has 0 radical (unpaired) electrons. The highest BCUT2D eigenvalue weighted by Gasteiger charge is 2.14. The van der Waals surface area contributed by atoms with E-state index < -0.39 is 7.12 Å². The maximum Gasteiger partial charge on any atom is 0.489 e. The van der Waals surface area contributed by atoms with E-state index in [2.05, 4.69) is 205 Å². The molecule has 0 heterocycles. The van der Waals surface area contributed by atoms with Crippen molar-refractivity contribution in [3.63, 3.8) is 0 Å². The average Bonchev–Trinajstić information content (AvgIpc) is 2.95. The molecular formula is C30H18BBr7I2O2. The Balaban J connectivity index is 0.000000201. The van der Waals surface area contributed by atoms with E-state index in [9.17, 15) is 0 Å². The van der Waals surface area contributed by atoms with Gasteiger partial charge >= 0.3 is 7.12 Å². The molecule has 0 spiro atoms. The van der Waals surface area contributed by atoms with Crippen LogP contribution in [-0.4, -0.2) is 17.2 Å². The van der Waals surface area contributed by atoms with E-state index in [1.165, 1.54) is 7.14 Å². The molecule has 0 unspecified atom stereocenters. The van der Waals surface area contributed by atoms with Crippen LogP contribution >= 0.6 is 157 Å². The molecule has 0 saturated heterocycles. The number of hydrogen-bond acceptors (Lipinski definition) is 2. The van der Waals surface area contributed by atoms with Gasteiger partial charge in [-0.1, -0.05) is 134 Å². The summed E-state index contributed by atoms with van der Waals surface area (Å²) in [6, 6.07) is 31.9. The van der Waals surface area contributed by atoms with Crippen molar-refractivity contribution in [2.45, 2.75) is 0 Å². The molecule has 0 aliphatic carbocycles. The number of benzene rings is 5. The van der Waals surface area contributed by atoms with Crippen molar-refractivity contribution in [3.8, 4) is 22.3 Å². The van der Waals surface area contributed by atoms with Crippen molar-refractivity contribution in [1.82, 2.24) is 0 Å². The molecule has 0 atom stereocenters. The smallest absolute Gasteiger partial charge is 0.423 e. The van der Waals surface area contributed by atoms with E-state index in [4.69, 9.17) is 10.0 Å². The Labute approximate surface area is 332 Å². The molecule has 0 fully saturated rings. The van der Waals surface area contributed by atoms with E-state index in [1.807, 2.05) is 30.3 Å². The first-order valence-electron chi connectivity index (χ1n) is 11.8. The Bertz CT molecular complexity index is 1560. The van der Waals surface area contributed by atoms with E-state index in [0.717, 1.165) is 49.1 Å². The van der Waals surface area contributed by atoms with Crippen LogP contribution in [0.4, 0.5) is 0 Å². The highest BCUT2D eigenvalue weighted by molar-refractivity contribution is 14.1. The first-order chi connectivity index (χ1) is 19.9. The first kappa shape index (κ1) is 37.4. The van der Waals surface area contributed by atoms with E-state index in [1.54, 1.807) is 18.2 Å². The van der Waals surface area contributed by atoms with Gasteiger partial charge in [-0.2, -0.15) is 0 Å². The summed E-state index contributed by atoms with van der Waals surface area (Å²) in [5, 5.41) is 17.5. The predicted octanol–water partition coefficient (Wildman–Crippen LogP) is 12.6. The summed E-state index contributed by atoms with van der Waals surface area (Å²) in [7, 11) is -1.39. The molecule has 12 heteroatoms. The monoisotopic (exact) mass is 1230 g/mol. The van der Waals surface area contributed by atoms with Crippen molar-refractivity contribution in [1.29, 1.82) is 0 Å². The van der Waals surface area contributed by atoms with Crippen LogP contribution in [0.15, 0.2) is 128 Å². The van der Waals surface area contributed by atoms with Crippen molar-refractivity contribution in [2.24, 2.45) is 0 Å². The highest BCUT2D eigenvalue weighted by Crippen LogP contribution is 2.41. The van der Waals surface area contributed by atoms with Gasteiger partial charge in [-0.3, -0.25) is 0 Å². The number of halogens is 9. The van der Waals surface area contributed by atoms with Crippen LogP contribution < -0.4 is 5.46 Å². The Morgan fingerprint density at radius 2 is 0.762 bits per heavy atom. The van der Waals surface area contributed by atoms with Gasteiger partial charge in [0, 0.05) is 38.4 Å². The molecule has 0 aliphatic heterocycles. The molecule has 0 amide bonds. The largest absolute Gasteiger partial charge is 0.489 e. The fourth-order valence-corrected chi connectivity index (χ4v) is 8.58. The van der Waals surface area contributed by atoms with Crippen LogP contribution in [0, 0.1) is 7.14 Å². The van der Waals surface area contributed by atoms with Gasteiger partial charge in [-0.15, -0.1) is 0 Å². The lowest BCUT2D eigenvalue weighted by molar-refractivity contribution is 0.425. The molecule has 2 nitrogen and oxygen atoms in total. The molecule has 0 saturated carbocycles. The van der Waals surface area contributed by atoms with Crippen LogP contribution in [0.1, 0.15) is 0 Å². The van der Waals surface area contributed by atoms with Crippen LogP contribution in [0.5, 0.6) is 0 Å². The molecule has 0 aliphatic rings. The summed E-state index contributed by atoms with van der Waals surface area (Å²) in [6.45, 7) is 0. The first-order valence-corrected chi connectivity index (χ1v) is 19.5. The minimum Gasteiger partial charge on any atom is -0.423 e. The van der Waals surface area contributed by atoms with Gasteiger partial charge in [0.15, 0.2) is 0 Å². The second-order valence-electron chi connectivity index (χ2n) is 8.35. The SMILES string of the molecule is Brc1cc(I)c(Br)cc1I.Brc1ccccc1-c1cc(Br)c(-c2ccccc2Br)cc1Br.OB(O)c1ccccc1Br. The molecule has 0 aromatic heterocycles. The summed E-state index contributed by atoms with van der Waals surface area (Å²) in [4.78, 5) is 0. The Morgan fingerprint density at radius 1 is 0.405 bits per heavy atom. The molecule has 0 bridgehead atoms. The van der Waals surface area contributed by atoms with Gasteiger partial charge in [0.2, 0.25) is 0 Å². The minimum atomic E-state index is -1.39. The summed E-state index contributed by atoms with van der Waals surface area (Å²) < 4.78 is 9.76. The molecule has 216 valence electrons. The van der Waals surface area contributed by atoms with Gasteiger partial charge < -0.3 is 10.0 Å². The summed E-state index contributed by atoms with van der Waals surface area (Å²) in [5.74, 6) is 0. The van der Waals surface area contributed by atoms with E-state index >= 15 is 0 Å². The maximum absolute atomic E-state index is 8.73. The summed E-state index contributed by atoms with van der Waals surface area (Å²) in [6.07, 6.45) is 0. The second kappa shape index (κ2) is 18.3. The fraction of sp³-hybridized carbons (Fsp3) is 0. The number of hydrogen-bond donors (Lipinski definition) is 2. The van der Waals surface area contributed by atoms with Gasteiger partial charge in [0.25, 0.3) is 0 Å². The van der Waals surface area contributed by atoms with E-state index in [0.29, 0.717) is 9.94 Å². The number of rotatable bonds is 3. The lowest BCUT2D eigenvalue weighted by atomic mass is 9.80. The van der Waals surface area contributed by atoms with Crippen LogP contribution in [0.3, 0.4) is 0 Å². The van der Waals surface area contributed by atoms with E-state index in [-0.39, 0.29) is 0 Å². The molecule has 42 heavy (non-hydrogen) atoms. The Hall–Kier alpha value is 0.905. The van der Waals surface area contributed by atoms with Crippen LogP contribution in [0.25, 0.3) is 22.3 Å². The highest BCUT2D eigenvalue weighted by atomic mass is 127. The standard InChI is InChI=1S/C18H10Br4.C6H6BBrO2.C6H2Br2I2/c19-15-7-3-1-5-11(15)13-9-18(22)14(10-17(13)21)12-6-2-4-8-16(12)20;8-6-4-2-1-3-5(6)7(9)10;7-3-1-5(9)4(8)2-6(3)10/h1-10H;1-4,9-10H;1-2H. The lowest BCUT2D eigenvalue weighted by Gasteiger charge is -2.13. The van der Waals surface area contributed by atoms with Crippen LogP contribution in [-0.2, 0) is 0 Å². The average molecular weight is 1230 g/mol. The fourth-order valence-electron chi connectivity index (χ4n) is 3.50. The summed E-state index contributed by atoms with van der Waals surface area (Å²) in [5.41, 5.74) is 5.11. The molecule has 5 aromatic carbocycles. The zero-order valence-electron chi connectivity index (χ0n) is 21.1. The Morgan fingerprint density at radius 3 is 1.10 bits per heavy atom. The van der Waals surface area contributed by atoms with Gasteiger partial charge in [0.05, 0.1) is 0 Å². The maximum atomic E-state index is 8.73. The molecule has 2 N–H and O–H groups in total. The summed E-state index contributed by atoms with van der Waals surface area (Å²) >= 11 is 29.3. The predicted molar refractivity (Wildman–Crippen MR) is 219 cm³/mol. The Kier molecular flexibility index (Phi) is 16.3. The molecular weight excluding hydrogens is 1220 g/mol. The third-order valence-electron chi connectivity index (χ3n) is 5.53. The molecule has 5 aromatic rings. The van der Waals surface area contributed by atoms with Gasteiger partial charge in [-0.05, 0) is 147 Å². The van der Waals surface area contributed by atoms with Crippen LogP contribution in [0.2, 0.25) is 0 Å². The van der Waals surface area contributed by atoms with Crippen molar-refractivity contribution in [3.05, 3.63) is 136 Å². The van der Waals surface area contributed by atoms with Gasteiger partial charge in [0.1, 0.15) is 0 Å². The normalized spacial score (nSPS) is 10.3. The third kappa shape index (κ3) is 10.7. The van der Waals surface area contributed by atoms with Crippen molar-refractivity contribution < 1.29 is 10.0 Å². The quantitative estimate of drug-likeness (QED) is 0.107. The lowest BCUT2D eigenvalue weighted by Crippen LogP contribution is -2.30. The third-order valence-corrected chi connectivity index (χ3v) is 13.5. The minimum absolute atomic E-state index is 0.488. The van der Waals surface area contributed by atoms with Crippen molar-refractivity contribution in [2.75, 3.05) is 0 Å². The topological polar surface area (TPSA) is 40.5 Å². The molecule has 5 rings (SSSR count). The van der Waals surface area contributed by atoms with Gasteiger partial charge in [-0.25, -0.2) is 0 Å². The second-order valence-corrected chi connectivity index (χ2v) is 16.7. The zero-order chi connectivity index (χ0) is 31.0. The zero-order valence-corrected chi connectivity index (χ0v) is 36.5. The van der Waals surface area contributed by atoms with Crippen molar-refractivity contribution >= 4 is 169 Å².